The van der Waals surface area contributed by atoms with Crippen molar-refractivity contribution in [2.24, 2.45) is 0 Å². The molecule has 2 aromatic rings. The van der Waals surface area contributed by atoms with Crippen molar-refractivity contribution in [1.29, 1.82) is 0 Å². The Bertz CT molecular complexity index is 764. The molecule has 1 amide bonds. The van der Waals surface area contributed by atoms with Crippen LogP contribution >= 0.6 is 15.9 Å². The average molecular weight is 391 g/mol. The van der Waals surface area contributed by atoms with Crippen molar-refractivity contribution < 1.29 is 14.3 Å². The number of carbonyl (C=O) groups excluding carboxylic acids is 1. The number of nitrogens with one attached hydrogen (secondary N) is 1. The van der Waals surface area contributed by atoms with Crippen LogP contribution < -0.4 is 14.8 Å². The third-order valence-corrected chi connectivity index (χ3v) is 4.36. The number of amides is 1. The number of nitrogens with zero attached hydrogens (tertiary/aromatic N) is 1. The van der Waals surface area contributed by atoms with Crippen molar-refractivity contribution in [3.8, 4) is 11.5 Å². The third-order valence-electron chi connectivity index (χ3n) is 3.70. The molecule has 0 spiro atoms. The summed E-state index contributed by atoms with van der Waals surface area (Å²) < 4.78 is 11.6. The van der Waals surface area contributed by atoms with Gasteiger partial charge in [-0.25, -0.2) is 0 Å². The Morgan fingerprint density at radius 1 is 1.21 bits per heavy atom. The first kappa shape index (κ1) is 16.8. The molecule has 0 aliphatic carbocycles. The molecule has 24 heavy (non-hydrogen) atoms. The van der Waals surface area contributed by atoms with E-state index < -0.39 is 0 Å². The zero-order chi connectivity index (χ0) is 17.1. The quantitative estimate of drug-likeness (QED) is 0.847. The van der Waals surface area contributed by atoms with Crippen LogP contribution in [0.15, 0.2) is 40.9 Å². The molecule has 1 N–H and O–H groups in total. The molecule has 6 heteroatoms. The van der Waals surface area contributed by atoms with Gasteiger partial charge in [-0.1, -0.05) is 12.1 Å². The van der Waals surface area contributed by atoms with E-state index in [1.54, 1.807) is 0 Å². The summed E-state index contributed by atoms with van der Waals surface area (Å²) in [5.74, 6) is 1.47. The van der Waals surface area contributed by atoms with E-state index in [2.05, 4.69) is 21.2 Å². The Morgan fingerprint density at radius 2 is 2.00 bits per heavy atom. The van der Waals surface area contributed by atoms with Crippen molar-refractivity contribution in [2.45, 2.75) is 13.5 Å². The van der Waals surface area contributed by atoms with E-state index in [-0.39, 0.29) is 12.7 Å². The fraction of sp³-hybridized carbons (Fsp3) is 0.278. The minimum Gasteiger partial charge on any atom is -0.454 e. The summed E-state index contributed by atoms with van der Waals surface area (Å²) >= 11 is 3.47. The normalized spacial score (nSPS) is 12.5. The third kappa shape index (κ3) is 4.07. The SMILES string of the molecule is Cc1ccc(NC(=O)CN(C)Cc2ccc3c(c2)OCO3)c(Br)c1. The van der Waals surface area contributed by atoms with E-state index in [1.807, 2.05) is 55.3 Å². The number of likely N-dealkylation sites (N-methyl/N-ethyl adjacent to an activating group) is 1. The molecule has 0 unspecified atom stereocenters. The Kier molecular flexibility index (Phi) is 5.06. The van der Waals surface area contributed by atoms with Crippen LogP contribution in [-0.4, -0.2) is 31.2 Å². The summed E-state index contributed by atoms with van der Waals surface area (Å²) in [5.41, 5.74) is 2.99. The molecule has 1 aliphatic heterocycles. The Balaban J connectivity index is 1.56. The van der Waals surface area contributed by atoms with E-state index in [0.717, 1.165) is 32.8 Å². The summed E-state index contributed by atoms with van der Waals surface area (Å²) in [6.07, 6.45) is 0. The second kappa shape index (κ2) is 7.23. The van der Waals surface area contributed by atoms with Crippen LogP contribution in [0.25, 0.3) is 0 Å². The molecule has 1 heterocycles. The second-order valence-corrected chi connectivity index (χ2v) is 6.75. The molecule has 0 radical (unpaired) electrons. The molecule has 0 fully saturated rings. The lowest BCUT2D eigenvalue weighted by molar-refractivity contribution is -0.117. The first-order valence-corrected chi connectivity index (χ1v) is 8.43. The zero-order valence-electron chi connectivity index (χ0n) is 13.6. The number of rotatable bonds is 5. The van der Waals surface area contributed by atoms with E-state index >= 15 is 0 Å². The van der Waals surface area contributed by atoms with Gasteiger partial charge in [0.25, 0.3) is 0 Å². The maximum Gasteiger partial charge on any atom is 0.238 e. The number of anilines is 1. The maximum absolute atomic E-state index is 12.2. The zero-order valence-corrected chi connectivity index (χ0v) is 15.2. The summed E-state index contributed by atoms with van der Waals surface area (Å²) in [6.45, 7) is 3.23. The second-order valence-electron chi connectivity index (χ2n) is 5.89. The highest BCUT2D eigenvalue weighted by Crippen LogP contribution is 2.32. The van der Waals surface area contributed by atoms with Gasteiger partial charge in [0.05, 0.1) is 12.2 Å². The molecule has 0 saturated heterocycles. The van der Waals surface area contributed by atoms with E-state index in [0.29, 0.717) is 13.1 Å². The lowest BCUT2D eigenvalue weighted by Gasteiger charge is -2.17. The van der Waals surface area contributed by atoms with Gasteiger partial charge in [-0.05, 0) is 65.3 Å². The number of carbonyl (C=O) groups is 1. The van der Waals surface area contributed by atoms with Crippen LogP contribution in [0.4, 0.5) is 5.69 Å². The average Bonchev–Trinajstić information content (AvgIpc) is 2.97. The van der Waals surface area contributed by atoms with Crippen LogP contribution in [0.3, 0.4) is 0 Å². The minimum atomic E-state index is -0.0530. The van der Waals surface area contributed by atoms with Gasteiger partial charge < -0.3 is 14.8 Å². The number of aryl methyl sites for hydroxylation is 1. The van der Waals surface area contributed by atoms with Gasteiger partial charge in [0.1, 0.15) is 0 Å². The van der Waals surface area contributed by atoms with Crippen molar-refractivity contribution in [2.75, 3.05) is 25.7 Å². The Morgan fingerprint density at radius 3 is 2.79 bits per heavy atom. The highest BCUT2D eigenvalue weighted by Gasteiger charge is 2.15. The molecule has 0 aromatic heterocycles. The van der Waals surface area contributed by atoms with Crippen LogP contribution in [0.1, 0.15) is 11.1 Å². The van der Waals surface area contributed by atoms with E-state index in [1.165, 1.54) is 0 Å². The molecule has 2 aromatic carbocycles. The molecular weight excluding hydrogens is 372 g/mol. The van der Waals surface area contributed by atoms with Crippen LogP contribution in [-0.2, 0) is 11.3 Å². The lowest BCUT2D eigenvalue weighted by atomic mass is 10.2. The van der Waals surface area contributed by atoms with E-state index in [4.69, 9.17) is 9.47 Å². The number of fused-ring (bicyclic) bond motifs is 1. The van der Waals surface area contributed by atoms with Crippen LogP contribution in [0, 0.1) is 6.92 Å². The van der Waals surface area contributed by atoms with Crippen molar-refractivity contribution in [3.63, 3.8) is 0 Å². The van der Waals surface area contributed by atoms with Crippen molar-refractivity contribution >= 4 is 27.5 Å². The van der Waals surface area contributed by atoms with Gasteiger partial charge in [-0.3, -0.25) is 9.69 Å². The predicted molar refractivity (Wildman–Crippen MR) is 96.4 cm³/mol. The highest BCUT2D eigenvalue weighted by molar-refractivity contribution is 9.10. The minimum absolute atomic E-state index is 0.0530. The Labute approximate surface area is 149 Å². The molecule has 5 nitrogen and oxygen atoms in total. The van der Waals surface area contributed by atoms with Crippen molar-refractivity contribution in [3.05, 3.63) is 52.0 Å². The first-order chi connectivity index (χ1) is 11.5. The van der Waals surface area contributed by atoms with Gasteiger partial charge in [0.2, 0.25) is 12.7 Å². The topological polar surface area (TPSA) is 50.8 Å². The summed E-state index contributed by atoms with van der Waals surface area (Å²) in [6, 6.07) is 11.7. The number of ether oxygens (including phenoxy) is 2. The first-order valence-electron chi connectivity index (χ1n) is 7.64. The van der Waals surface area contributed by atoms with Crippen molar-refractivity contribution in [1.82, 2.24) is 4.90 Å². The molecule has 0 atom stereocenters. The van der Waals surface area contributed by atoms with Gasteiger partial charge in [-0.2, -0.15) is 0 Å². The molecule has 126 valence electrons. The number of hydrogen-bond acceptors (Lipinski definition) is 4. The smallest absolute Gasteiger partial charge is 0.238 e. The monoisotopic (exact) mass is 390 g/mol. The maximum atomic E-state index is 12.2. The summed E-state index contributed by atoms with van der Waals surface area (Å²) in [4.78, 5) is 14.2. The molecular formula is C18H19BrN2O3. The standard InChI is InChI=1S/C18H19BrN2O3/c1-12-3-5-15(14(19)7-12)20-18(22)10-21(2)9-13-4-6-16-17(8-13)24-11-23-16/h3-8H,9-11H2,1-2H3,(H,20,22). The fourth-order valence-electron chi connectivity index (χ4n) is 2.56. The van der Waals surface area contributed by atoms with Gasteiger partial charge in [0.15, 0.2) is 11.5 Å². The van der Waals surface area contributed by atoms with Gasteiger partial charge in [-0.15, -0.1) is 0 Å². The predicted octanol–water partition coefficient (Wildman–Crippen LogP) is 3.56. The van der Waals surface area contributed by atoms with Gasteiger partial charge >= 0.3 is 0 Å². The molecule has 0 saturated carbocycles. The molecule has 3 rings (SSSR count). The highest BCUT2D eigenvalue weighted by atomic mass is 79.9. The molecule has 1 aliphatic rings. The van der Waals surface area contributed by atoms with Crippen LogP contribution in [0.2, 0.25) is 0 Å². The Hall–Kier alpha value is -2.05. The fourth-order valence-corrected chi connectivity index (χ4v) is 3.16. The lowest BCUT2D eigenvalue weighted by Crippen LogP contribution is -2.29. The number of benzene rings is 2. The largest absolute Gasteiger partial charge is 0.454 e. The molecule has 0 bridgehead atoms. The summed E-state index contributed by atoms with van der Waals surface area (Å²) in [7, 11) is 1.91. The number of hydrogen-bond donors (Lipinski definition) is 1. The summed E-state index contributed by atoms with van der Waals surface area (Å²) in [5, 5.41) is 2.92. The van der Waals surface area contributed by atoms with Crippen LogP contribution in [0.5, 0.6) is 11.5 Å². The van der Waals surface area contributed by atoms with Gasteiger partial charge in [0, 0.05) is 11.0 Å². The number of halogens is 1. The van der Waals surface area contributed by atoms with E-state index in [9.17, 15) is 4.79 Å².